The second kappa shape index (κ2) is 6.83. The van der Waals surface area contributed by atoms with E-state index in [0.29, 0.717) is 13.0 Å². The van der Waals surface area contributed by atoms with Crippen LogP contribution < -0.4 is 11.1 Å². The van der Waals surface area contributed by atoms with Gasteiger partial charge >= 0.3 is 6.18 Å². The number of nitrogens with one attached hydrogen (secondary N) is 1. The molecular weight excluding hydrogens is 279 g/mol. The first-order valence-corrected chi connectivity index (χ1v) is 7.19. The lowest BCUT2D eigenvalue weighted by Gasteiger charge is -2.08. The molecule has 0 heterocycles. The van der Waals surface area contributed by atoms with Gasteiger partial charge in [-0.3, -0.25) is 4.99 Å². The number of aliphatic imine (C=N–C) groups is 1. The minimum Gasteiger partial charge on any atom is -0.370 e. The maximum absolute atomic E-state index is 12.0. The van der Waals surface area contributed by atoms with Gasteiger partial charge in [-0.05, 0) is 55.4 Å². The number of nitrogens with two attached hydrogens (primary N) is 1. The van der Waals surface area contributed by atoms with Crippen molar-refractivity contribution in [2.75, 3.05) is 11.9 Å². The van der Waals surface area contributed by atoms with E-state index >= 15 is 0 Å². The van der Waals surface area contributed by atoms with Crippen LogP contribution in [0.2, 0.25) is 0 Å². The first-order valence-electron chi connectivity index (χ1n) is 7.19. The molecule has 1 aliphatic rings. The SMILES string of the molecule is NC(=NCCCCC(F)(F)F)Nc1ccc2c(c1)CCC2. The van der Waals surface area contributed by atoms with Gasteiger partial charge in [0, 0.05) is 18.7 Å². The molecular formula is C15H20F3N3. The maximum atomic E-state index is 12.0. The number of anilines is 1. The van der Waals surface area contributed by atoms with Gasteiger partial charge in [0.25, 0.3) is 0 Å². The largest absolute Gasteiger partial charge is 0.389 e. The van der Waals surface area contributed by atoms with Crippen LogP contribution in [0.5, 0.6) is 0 Å². The quantitative estimate of drug-likeness (QED) is 0.495. The average molecular weight is 299 g/mol. The highest BCUT2D eigenvalue weighted by Gasteiger charge is 2.25. The number of benzene rings is 1. The van der Waals surface area contributed by atoms with E-state index in [1.54, 1.807) is 0 Å². The van der Waals surface area contributed by atoms with Crippen LogP contribution >= 0.6 is 0 Å². The Hall–Kier alpha value is -1.72. The van der Waals surface area contributed by atoms with Gasteiger partial charge in [-0.2, -0.15) is 13.2 Å². The molecule has 0 aliphatic heterocycles. The summed E-state index contributed by atoms with van der Waals surface area (Å²) in [5.41, 5.74) is 9.33. The van der Waals surface area contributed by atoms with Gasteiger partial charge in [0.15, 0.2) is 5.96 Å². The van der Waals surface area contributed by atoms with Gasteiger partial charge in [-0.15, -0.1) is 0 Å². The highest BCUT2D eigenvalue weighted by molar-refractivity contribution is 5.92. The molecule has 2 rings (SSSR count). The van der Waals surface area contributed by atoms with E-state index < -0.39 is 12.6 Å². The standard InChI is InChI=1S/C15H20F3N3/c16-15(17,18)8-1-2-9-20-14(19)21-13-7-6-11-4-3-5-12(11)10-13/h6-7,10H,1-5,8-9H2,(H3,19,20,21). The van der Waals surface area contributed by atoms with Crippen LogP contribution in [0.1, 0.15) is 36.8 Å². The zero-order valence-corrected chi connectivity index (χ0v) is 11.8. The number of guanidine groups is 1. The van der Waals surface area contributed by atoms with Gasteiger partial charge in [0.2, 0.25) is 0 Å². The molecule has 3 N–H and O–H groups in total. The Morgan fingerprint density at radius 1 is 1.19 bits per heavy atom. The number of aryl methyl sites for hydroxylation is 2. The third-order valence-corrected chi connectivity index (χ3v) is 3.52. The van der Waals surface area contributed by atoms with E-state index in [2.05, 4.69) is 22.4 Å². The van der Waals surface area contributed by atoms with Gasteiger partial charge in [0.1, 0.15) is 0 Å². The molecule has 0 bridgehead atoms. The van der Waals surface area contributed by atoms with E-state index in [4.69, 9.17) is 5.73 Å². The highest BCUT2D eigenvalue weighted by Crippen LogP contribution is 2.25. The zero-order valence-electron chi connectivity index (χ0n) is 11.8. The summed E-state index contributed by atoms with van der Waals surface area (Å²) in [6.45, 7) is 0.305. The van der Waals surface area contributed by atoms with E-state index in [1.807, 2.05) is 6.07 Å². The topological polar surface area (TPSA) is 50.4 Å². The van der Waals surface area contributed by atoms with E-state index in [9.17, 15) is 13.2 Å². The van der Waals surface area contributed by atoms with Crippen LogP contribution in [0, 0.1) is 0 Å². The van der Waals surface area contributed by atoms with Crippen LogP contribution in [0.15, 0.2) is 23.2 Å². The average Bonchev–Trinajstić information content (AvgIpc) is 2.84. The molecule has 0 saturated heterocycles. The Morgan fingerprint density at radius 3 is 2.71 bits per heavy atom. The molecule has 116 valence electrons. The summed E-state index contributed by atoms with van der Waals surface area (Å²) in [4.78, 5) is 4.05. The van der Waals surface area contributed by atoms with Crippen LogP contribution in [-0.2, 0) is 12.8 Å². The van der Waals surface area contributed by atoms with Crippen molar-refractivity contribution in [3.63, 3.8) is 0 Å². The Bertz CT molecular complexity index is 509. The molecule has 0 unspecified atom stereocenters. The summed E-state index contributed by atoms with van der Waals surface area (Å²) < 4.78 is 35.9. The number of halogens is 3. The van der Waals surface area contributed by atoms with Crippen LogP contribution in [0.3, 0.4) is 0 Å². The van der Waals surface area contributed by atoms with E-state index in [1.165, 1.54) is 17.5 Å². The fraction of sp³-hybridized carbons (Fsp3) is 0.533. The fourth-order valence-electron chi connectivity index (χ4n) is 2.47. The van der Waals surface area contributed by atoms with Crippen molar-refractivity contribution >= 4 is 11.6 Å². The summed E-state index contributed by atoms with van der Waals surface area (Å²) in [5, 5.41) is 2.98. The molecule has 0 amide bonds. The van der Waals surface area contributed by atoms with E-state index in [0.717, 1.165) is 18.5 Å². The number of nitrogens with zero attached hydrogens (tertiary/aromatic N) is 1. The Labute approximate surface area is 122 Å². The Morgan fingerprint density at radius 2 is 1.95 bits per heavy atom. The predicted octanol–water partition coefficient (Wildman–Crippen LogP) is 3.63. The lowest BCUT2D eigenvalue weighted by Crippen LogP contribution is -2.23. The first-order chi connectivity index (χ1) is 9.94. The lowest BCUT2D eigenvalue weighted by molar-refractivity contribution is -0.135. The normalized spacial score (nSPS) is 15.1. The number of hydrogen-bond acceptors (Lipinski definition) is 1. The zero-order chi connectivity index (χ0) is 15.3. The smallest absolute Gasteiger partial charge is 0.370 e. The number of rotatable bonds is 5. The molecule has 0 atom stereocenters. The van der Waals surface area contributed by atoms with E-state index in [-0.39, 0.29) is 12.4 Å². The lowest BCUT2D eigenvalue weighted by atomic mass is 10.1. The molecule has 6 heteroatoms. The number of hydrogen-bond donors (Lipinski definition) is 2. The molecule has 21 heavy (non-hydrogen) atoms. The second-order valence-corrected chi connectivity index (χ2v) is 5.30. The minimum absolute atomic E-state index is 0.0825. The predicted molar refractivity (Wildman–Crippen MR) is 78.5 cm³/mol. The molecule has 0 fully saturated rings. The molecule has 0 saturated carbocycles. The second-order valence-electron chi connectivity index (χ2n) is 5.30. The van der Waals surface area contributed by atoms with Crippen LogP contribution in [0.25, 0.3) is 0 Å². The molecule has 3 nitrogen and oxygen atoms in total. The minimum atomic E-state index is -4.09. The molecule has 1 aliphatic carbocycles. The highest BCUT2D eigenvalue weighted by atomic mass is 19.4. The van der Waals surface area contributed by atoms with Gasteiger partial charge < -0.3 is 11.1 Å². The van der Waals surface area contributed by atoms with Crippen molar-refractivity contribution < 1.29 is 13.2 Å². The Kier molecular flexibility index (Phi) is 5.09. The molecule has 0 radical (unpaired) electrons. The number of unbranched alkanes of at least 4 members (excludes halogenated alkanes) is 1. The van der Waals surface area contributed by atoms with Crippen molar-refractivity contribution in [3.8, 4) is 0 Å². The van der Waals surface area contributed by atoms with Gasteiger partial charge in [0.05, 0.1) is 0 Å². The third kappa shape index (κ3) is 5.28. The summed E-state index contributed by atoms with van der Waals surface area (Å²) >= 11 is 0. The van der Waals surface area contributed by atoms with Crippen molar-refractivity contribution in [2.45, 2.75) is 44.7 Å². The summed E-state index contributed by atoms with van der Waals surface area (Å²) in [6.07, 6.45) is -0.997. The molecule has 0 spiro atoms. The monoisotopic (exact) mass is 299 g/mol. The number of alkyl halides is 3. The molecule has 1 aromatic rings. The van der Waals surface area contributed by atoms with Crippen molar-refractivity contribution in [3.05, 3.63) is 29.3 Å². The summed E-state index contributed by atoms with van der Waals surface area (Å²) in [6, 6.07) is 6.10. The fourth-order valence-corrected chi connectivity index (χ4v) is 2.47. The van der Waals surface area contributed by atoms with Crippen molar-refractivity contribution in [1.29, 1.82) is 0 Å². The first kappa shape index (κ1) is 15.7. The van der Waals surface area contributed by atoms with Crippen LogP contribution in [-0.4, -0.2) is 18.7 Å². The van der Waals surface area contributed by atoms with Crippen LogP contribution in [0.4, 0.5) is 18.9 Å². The van der Waals surface area contributed by atoms with Gasteiger partial charge in [-0.25, -0.2) is 0 Å². The molecule has 0 aromatic heterocycles. The molecule has 1 aromatic carbocycles. The van der Waals surface area contributed by atoms with Gasteiger partial charge in [-0.1, -0.05) is 6.07 Å². The van der Waals surface area contributed by atoms with Crippen molar-refractivity contribution in [1.82, 2.24) is 0 Å². The maximum Gasteiger partial charge on any atom is 0.389 e. The summed E-state index contributed by atoms with van der Waals surface area (Å²) in [5.74, 6) is 0.250. The van der Waals surface area contributed by atoms with Crippen molar-refractivity contribution in [2.24, 2.45) is 10.7 Å². The Balaban J connectivity index is 1.76. The summed E-state index contributed by atoms with van der Waals surface area (Å²) in [7, 11) is 0. The number of fused-ring (bicyclic) bond motifs is 1. The third-order valence-electron chi connectivity index (χ3n) is 3.52.